The van der Waals surface area contributed by atoms with E-state index in [1.54, 1.807) is 13.8 Å². The highest BCUT2D eigenvalue weighted by molar-refractivity contribution is 5.82. The van der Waals surface area contributed by atoms with Crippen LogP contribution in [0.3, 0.4) is 0 Å². The predicted molar refractivity (Wildman–Crippen MR) is 89.8 cm³/mol. The molecule has 2 aliphatic rings. The number of esters is 2. The molecule has 6 heteroatoms. The molecule has 2 rings (SSSR count). The van der Waals surface area contributed by atoms with Gasteiger partial charge < -0.3 is 9.47 Å². The first-order chi connectivity index (χ1) is 11.6. The van der Waals surface area contributed by atoms with E-state index in [2.05, 4.69) is 10.2 Å². The zero-order valence-corrected chi connectivity index (χ0v) is 15.0. The van der Waals surface area contributed by atoms with Crippen LogP contribution in [0.2, 0.25) is 0 Å². The lowest BCUT2D eigenvalue weighted by Crippen LogP contribution is -2.43. The van der Waals surface area contributed by atoms with Crippen molar-refractivity contribution in [2.24, 2.45) is 10.2 Å². The van der Waals surface area contributed by atoms with Gasteiger partial charge in [0, 0.05) is 0 Å². The molecule has 0 radical (unpaired) electrons. The van der Waals surface area contributed by atoms with E-state index < -0.39 is 11.1 Å². The number of hydrogen-bond donors (Lipinski definition) is 0. The molecule has 24 heavy (non-hydrogen) atoms. The van der Waals surface area contributed by atoms with Crippen LogP contribution in [-0.2, 0) is 19.1 Å². The van der Waals surface area contributed by atoms with Gasteiger partial charge in [0.25, 0.3) is 0 Å². The monoisotopic (exact) mass is 338 g/mol. The molecule has 0 N–H and O–H groups in total. The highest BCUT2D eigenvalue weighted by atomic mass is 16.5. The van der Waals surface area contributed by atoms with Gasteiger partial charge in [-0.25, -0.2) is 9.59 Å². The number of carbonyl (C=O) groups is 2. The molecule has 0 unspecified atom stereocenters. The number of carbonyl (C=O) groups excluding carboxylic acids is 2. The van der Waals surface area contributed by atoms with Crippen LogP contribution in [0.25, 0.3) is 0 Å². The van der Waals surface area contributed by atoms with Crippen LogP contribution in [0.15, 0.2) is 10.2 Å². The maximum Gasteiger partial charge on any atom is 0.335 e. The smallest absolute Gasteiger partial charge is 0.335 e. The van der Waals surface area contributed by atoms with Crippen molar-refractivity contribution in [1.29, 1.82) is 0 Å². The molecule has 0 bridgehead atoms. The molecule has 0 aliphatic heterocycles. The molecule has 2 aliphatic carbocycles. The molecule has 0 aromatic heterocycles. The van der Waals surface area contributed by atoms with E-state index >= 15 is 0 Å². The summed E-state index contributed by atoms with van der Waals surface area (Å²) < 4.78 is 10.5. The second-order valence-electron chi connectivity index (χ2n) is 6.83. The van der Waals surface area contributed by atoms with Crippen LogP contribution >= 0.6 is 0 Å². The average molecular weight is 338 g/mol. The lowest BCUT2D eigenvalue weighted by atomic mass is 9.81. The number of hydrogen-bond acceptors (Lipinski definition) is 6. The fraction of sp³-hybridized carbons (Fsp3) is 0.889. The number of ether oxygens (including phenoxy) is 2. The van der Waals surface area contributed by atoms with Gasteiger partial charge in [-0.05, 0) is 39.5 Å². The van der Waals surface area contributed by atoms with E-state index in [0.29, 0.717) is 38.9 Å². The average Bonchev–Trinajstić information content (AvgIpc) is 2.62. The number of nitrogens with zero attached hydrogens (tertiary/aromatic N) is 2. The maximum atomic E-state index is 12.5. The molecule has 2 saturated carbocycles. The van der Waals surface area contributed by atoms with Crippen LogP contribution in [0.4, 0.5) is 0 Å². The quantitative estimate of drug-likeness (QED) is 0.542. The summed E-state index contributed by atoms with van der Waals surface area (Å²) in [4.78, 5) is 25.0. The summed E-state index contributed by atoms with van der Waals surface area (Å²) in [7, 11) is 0. The zero-order valence-electron chi connectivity index (χ0n) is 15.0. The van der Waals surface area contributed by atoms with Crippen molar-refractivity contribution in [2.75, 3.05) is 13.2 Å². The van der Waals surface area contributed by atoms with Gasteiger partial charge in [0.1, 0.15) is 0 Å². The van der Waals surface area contributed by atoms with Crippen molar-refractivity contribution < 1.29 is 19.1 Å². The lowest BCUT2D eigenvalue weighted by molar-refractivity contribution is -0.153. The Hall–Kier alpha value is -1.46. The van der Waals surface area contributed by atoms with Crippen LogP contribution < -0.4 is 0 Å². The molecular formula is C18H30N2O4. The lowest BCUT2D eigenvalue weighted by Gasteiger charge is -2.34. The van der Waals surface area contributed by atoms with Crippen LogP contribution in [-0.4, -0.2) is 36.2 Å². The Morgan fingerprint density at radius 2 is 1.04 bits per heavy atom. The summed E-state index contributed by atoms with van der Waals surface area (Å²) in [5.74, 6) is -0.605. The molecule has 136 valence electrons. The minimum atomic E-state index is -0.912. The van der Waals surface area contributed by atoms with Crippen LogP contribution in [0.5, 0.6) is 0 Å². The summed E-state index contributed by atoms with van der Waals surface area (Å²) >= 11 is 0. The summed E-state index contributed by atoms with van der Waals surface area (Å²) in [6.45, 7) is 4.26. The largest absolute Gasteiger partial charge is 0.464 e. The van der Waals surface area contributed by atoms with Gasteiger partial charge in [0.05, 0.1) is 13.2 Å². The Morgan fingerprint density at radius 1 is 0.708 bits per heavy atom. The van der Waals surface area contributed by atoms with Gasteiger partial charge >= 0.3 is 11.9 Å². The molecule has 6 nitrogen and oxygen atoms in total. The molecule has 0 aromatic carbocycles. The van der Waals surface area contributed by atoms with E-state index in [1.165, 1.54) is 0 Å². The third kappa shape index (κ3) is 4.14. The molecular weight excluding hydrogens is 308 g/mol. The van der Waals surface area contributed by atoms with Crippen molar-refractivity contribution in [1.82, 2.24) is 0 Å². The van der Waals surface area contributed by atoms with Gasteiger partial charge in [-0.1, -0.05) is 38.5 Å². The zero-order chi connectivity index (χ0) is 17.5. The van der Waals surface area contributed by atoms with E-state index in [4.69, 9.17) is 9.47 Å². The Morgan fingerprint density at radius 3 is 1.33 bits per heavy atom. The predicted octanol–water partition coefficient (Wildman–Crippen LogP) is 3.97. The molecule has 0 atom stereocenters. The molecule has 0 spiro atoms. The van der Waals surface area contributed by atoms with E-state index in [-0.39, 0.29) is 11.9 Å². The van der Waals surface area contributed by atoms with Gasteiger partial charge in [-0.3, -0.25) is 0 Å². The highest BCUT2D eigenvalue weighted by Crippen LogP contribution is 2.38. The Bertz CT molecular complexity index is 422. The van der Waals surface area contributed by atoms with Gasteiger partial charge in [0.15, 0.2) is 11.1 Å². The minimum absolute atomic E-state index is 0.303. The fourth-order valence-electron chi connectivity index (χ4n) is 3.69. The van der Waals surface area contributed by atoms with Crippen molar-refractivity contribution in [3.8, 4) is 0 Å². The third-order valence-corrected chi connectivity index (χ3v) is 5.11. The van der Waals surface area contributed by atoms with E-state index in [0.717, 1.165) is 38.5 Å². The first-order valence-corrected chi connectivity index (χ1v) is 9.37. The summed E-state index contributed by atoms with van der Waals surface area (Å²) in [5, 5.41) is 8.96. The van der Waals surface area contributed by atoms with Crippen LogP contribution in [0, 0.1) is 0 Å². The first kappa shape index (κ1) is 18.9. The highest BCUT2D eigenvalue weighted by Gasteiger charge is 2.45. The van der Waals surface area contributed by atoms with Crippen molar-refractivity contribution in [2.45, 2.75) is 89.1 Å². The summed E-state index contributed by atoms with van der Waals surface area (Å²) in [6.07, 6.45) is 8.52. The second kappa shape index (κ2) is 8.58. The third-order valence-electron chi connectivity index (χ3n) is 5.11. The topological polar surface area (TPSA) is 77.3 Å². The Labute approximate surface area is 144 Å². The molecule has 0 heterocycles. The Balaban J connectivity index is 2.26. The van der Waals surface area contributed by atoms with Gasteiger partial charge in [-0.2, -0.15) is 10.2 Å². The number of azo groups is 1. The number of rotatable bonds is 6. The molecule has 2 fully saturated rings. The van der Waals surface area contributed by atoms with E-state index in [9.17, 15) is 9.59 Å². The summed E-state index contributed by atoms with van der Waals surface area (Å²) in [6, 6.07) is 0. The van der Waals surface area contributed by atoms with Crippen molar-refractivity contribution in [3.05, 3.63) is 0 Å². The maximum absolute atomic E-state index is 12.5. The molecule has 0 aromatic rings. The van der Waals surface area contributed by atoms with Gasteiger partial charge in [0.2, 0.25) is 0 Å². The van der Waals surface area contributed by atoms with E-state index in [1.807, 2.05) is 0 Å². The van der Waals surface area contributed by atoms with Crippen LogP contribution in [0.1, 0.15) is 78.1 Å². The normalized spacial score (nSPS) is 22.9. The second-order valence-corrected chi connectivity index (χ2v) is 6.83. The fourth-order valence-corrected chi connectivity index (χ4v) is 3.69. The van der Waals surface area contributed by atoms with Crippen molar-refractivity contribution in [3.63, 3.8) is 0 Å². The Kier molecular flexibility index (Phi) is 6.75. The standard InChI is InChI=1S/C18H30N2O4/c1-3-23-15(21)17(11-7-5-8-12-17)19-20-18(16(22)24-4-2)13-9-6-10-14-18/h3-14H2,1-2H3. The molecule has 0 amide bonds. The minimum Gasteiger partial charge on any atom is -0.464 e. The SMILES string of the molecule is CCOC(=O)C1(N=NC2(C(=O)OCC)CCCCC2)CCCCC1. The van der Waals surface area contributed by atoms with Crippen molar-refractivity contribution >= 4 is 11.9 Å². The van der Waals surface area contributed by atoms with Gasteiger partial charge in [-0.15, -0.1) is 0 Å². The molecule has 0 saturated heterocycles. The summed E-state index contributed by atoms with van der Waals surface area (Å²) in [5.41, 5.74) is -1.82. The first-order valence-electron chi connectivity index (χ1n) is 9.37.